The summed E-state index contributed by atoms with van der Waals surface area (Å²) >= 11 is 0. The van der Waals surface area contributed by atoms with E-state index >= 15 is 0 Å². The van der Waals surface area contributed by atoms with Gasteiger partial charge < -0.3 is 10.4 Å². The Morgan fingerprint density at radius 3 is 2.50 bits per heavy atom. The number of hydrogen-bond acceptors (Lipinski definition) is 4. The molecule has 5 nitrogen and oxygen atoms in total. The van der Waals surface area contributed by atoms with Crippen LogP contribution in [0.4, 0.5) is 14.5 Å². The summed E-state index contributed by atoms with van der Waals surface area (Å²) in [4.78, 5) is 11.0. The maximum Gasteiger partial charge on any atom is 0.341 e. The summed E-state index contributed by atoms with van der Waals surface area (Å²) in [6.45, 7) is -0.0520. The zero-order valence-electron chi connectivity index (χ0n) is 10.6. The first-order valence-electron chi connectivity index (χ1n) is 5.91. The van der Waals surface area contributed by atoms with Gasteiger partial charge in [-0.25, -0.2) is 8.42 Å². The van der Waals surface area contributed by atoms with E-state index in [0.717, 1.165) is 6.07 Å². The maximum absolute atomic E-state index is 12.5. The molecule has 1 aromatic rings. The average molecular weight is 307 g/mol. The molecule has 1 rings (SSSR count). The van der Waals surface area contributed by atoms with Crippen LogP contribution in [0.3, 0.4) is 0 Å². The van der Waals surface area contributed by atoms with Gasteiger partial charge in [-0.15, -0.1) is 0 Å². The van der Waals surface area contributed by atoms with Crippen molar-refractivity contribution in [1.82, 2.24) is 0 Å². The van der Waals surface area contributed by atoms with E-state index in [0.29, 0.717) is 12.8 Å². The Morgan fingerprint density at radius 1 is 1.25 bits per heavy atom. The van der Waals surface area contributed by atoms with Crippen molar-refractivity contribution in [2.45, 2.75) is 29.9 Å². The first-order chi connectivity index (χ1) is 9.39. The van der Waals surface area contributed by atoms with Crippen molar-refractivity contribution in [3.63, 3.8) is 0 Å². The lowest BCUT2D eigenvalue weighted by Crippen LogP contribution is -2.17. The molecule has 0 fully saturated rings. The van der Waals surface area contributed by atoms with Crippen LogP contribution in [-0.2, 0) is 14.6 Å². The Labute approximate surface area is 115 Å². The number of hydrogen-bond donors (Lipinski definition) is 2. The summed E-state index contributed by atoms with van der Waals surface area (Å²) in [7, 11) is -4.77. The molecule has 0 aliphatic carbocycles. The zero-order valence-corrected chi connectivity index (χ0v) is 11.4. The molecule has 1 amide bonds. The minimum Gasteiger partial charge on any atom is -0.396 e. The molecule has 0 radical (unpaired) electrons. The van der Waals surface area contributed by atoms with Crippen molar-refractivity contribution in [2.75, 3.05) is 11.9 Å². The standard InChI is InChI=1S/C12H15F2NO4S/c13-12(14)20(18,19)10-6-2-1-5-9(10)15-11(17)7-3-4-8-16/h1-2,5-6,12,16H,3-4,7-8H2,(H,15,17). The second kappa shape index (κ2) is 7.30. The molecule has 0 aromatic heterocycles. The highest BCUT2D eigenvalue weighted by atomic mass is 32.2. The largest absolute Gasteiger partial charge is 0.396 e. The zero-order chi connectivity index (χ0) is 15.2. The van der Waals surface area contributed by atoms with E-state index in [1.807, 2.05) is 0 Å². The van der Waals surface area contributed by atoms with Crippen molar-refractivity contribution in [3.05, 3.63) is 24.3 Å². The molecule has 0 saturated carbocycles. The van der Waals surface area contributed by atoms with Gasteiger partial charge in [-0.05, 0) is 25.0 Å². The smallest absolute Gasteiger partial charge is 0.341 e. The fraction of sp³-hybridized carbons (Fsp3) is 0.417. The maximum atomic E-state index is 12.5. The number of carbonyl (C=O) groups excluding carboxylic acids is 1. The number of aliphatic hydroxyl groups excluding tert-OH is 1. The van der Waals surface area contributed by atoms with Crippen LogP contribution >= 0.6 is 0 Å². The number of alkyl halides is 2. The lowest BCUT2D eigenvalue weighted by atomic mass is 10.2. The first kappa shape index (κ1) is 16.5. The fourth-order valence-corrected chi connectivity index (χ4v) is 2.41. The number of anilines is 1. The van der Waals surface area contributed by atoms with Crippen LogP contribution in [0.2, 0.25) is 0 Å². The van der Waals surface area contributed by atoms with Crippen LogP contribution in [-0.4, -0.2) is 31.8 Å². The number of amides is 1. The van der Waals surface area contributed by atoms with Gasteiger partial charge in [-0.3, -0.25) is 4.79 Å². The van der Waals surface area contributed by atoms with Crippen LogP contribution in [0, 0.1) is 0 Å². The van der Waals surface area contributed by atoms with Gasteiger partial charge in [0.2, 0.25) is 15.7 Å². The molecule has 20 heavy (non-hydrogen) atoms. The third-order valence-corrected chi connectivity index (χ3v) is 3.95. The molecule has 112 valence electrons. The molecule has 1 aromatic carbocycles. The van der Waals surface area contributed by atoms with E-state index in [-0.39, 0.29) is 18.7 Å². The summed E-state index contributed by atoms with van der Waals surface area (Å²) < 4.78 is 48.0. The summed E-state index contributed by atoms with van der Waals surface area (Å²) in [6.07, 6.45) is 0.931. The minimum absolute atomic E-state index is 0.0520. The molecule has 0 heterocycles. The monoisotopic (exact) mass is 307 g/mol. The molecule has 0 atom stereocenters. The lowest BCUT2D eigenvalue weighted by Gasteiger charge is -2.11. The minimum atomic E-state index is -4.77. The molecule has 8 heteroatoms. The average Bonchev–Trinajstić information content (AvgIpc) is 2.39. The van der Waals surface area contributed by atoms with E-state index in [1.54, 1.807) is 0 Å². The summed E-state index contributed by atoms with van der Waals surface area (Å²) in [5, 5.41) is 10.9. The van der Waals surface area contributed by atoms with Crippen molar-refractivity contribution < 1.29 is 27.1 Å². The van der Waals surface area contributed by atoms with E-state index in [1.165, 1.54) is 18.2 Å². The van der Waals surface area contributed by atoms with Crippen molar-refractivity contribution in [1.29, 1.82) is 0 Å². The van der Waals surface area contributed by atoms with Gasteiger partial charge in [0.25, 0.3) is 0 Å². The lowest BCUT2D eigenvalue weighted by molar-refractivity contribution is -0.116. The molecule has 2 N–H and O–H groups in total. The fourth-order valence-electron chi connectivity index (χ4n) is 1.52. The highest BCUT2D eigenvalue weighted by Crippen LogP contribution is 2.26. The van der Waals surface area contributed by atoms with Gasteiger partial charge in [0.05, 0.1) is 10.6 Å². The van der Waals surface area contributed by atoms with Crippen LogP contribution in [0.5, 0.6) is 0 Å². The number of nitrogens with one attached hydrogen (secondary N) is 1. The number of aliphatic hydroxyl groups is 1. The SMILES string of the molecule is O=C(CCCCO)Nc1ccccc1S(=O)(=O)C(F)F. The molecule has 0 bridgehead atoms. The van der Waals surface area contributed by atoms with Crippen LogP contribution in [0.15, 0.2) is 29.2 Å². The molecular weight excluding hydrogens is 292 g/mol. The predicted octanol–water partition coefficient (Wildman–Crippen LogP) is 1.78. The second-order valence-electron chi connectivity index (χ2n) is 4.03. The third-order valence-electron chi connectivity index (χ3n) is 2.51. The molecule has 0 spiro atoms. The van der Waals surface area contributed by atoms with Gasteiger partial charge in [0.15, 0.2) is 0 Å². The summed E-state index contributed by atoms with van der Waals surface area (Å²) in [5.74, 6) is -4.04. The van der Waals surface area contributed by atoms with E-state index in [2.05, 4.69) is 5.32 Å². The second-order valence-corrected chi connectivity index (χ2v) is 5.92. The topological polar surface area (TPSA) is 83.5 Å². The number of unbranched alkanes of at least 4 members (excludes halogenated alkanes) is 1. The van der Waals surface area contributed by atoms with Gasteiger partial charge in [0, 0.05) is 13.0 Å². The van der Waals surface area contributed by atoms with E-state index in [4.69, 9.17) is 5.11 Å². The normalized spacial score (nSPS) is 11.6. The van der Waals surface area contributed by atoms with Crippen LogP contribution < -0.4 is 5.32 Å². The highest BCUT2D eigenvalue weighted by Gasteiger charge is 2.29. The first-order valence-corrected chi connectivity index (χ1v) is 7.46. The molecule has 0 aliphatic rings. The van der Waals surface area contributed by atoms with Gasteiger partial charge in [0.1, 0.15) is 0 Å². The number of carbonyl (C=O) groups is 1. The van der Waals surface area contributed by atoms with Crippen molar-refractivity contribution in [3.8, 4) is 0 Å². The number of halogens is 2. The Balaban J connectivity index is 2.89. The Bertz CT molecular complexity index is 560. The number of benzene rings is 1. The predicted molar refractivity (Wildman–Crippen MR) is 69.2 cm³/mol. The highest BCUT2D eigenvalue weighted by molar-refractivity contribution is 7.91. The van der Waals surface area contributed by atoms with Gasteiger partial charge in [-0.1, -0.05) is 12.1 Å². The van der Waals surface area contributed by atoms with Gasteiger partial charge >= 0.3 is 5.76 Å². The van der Waals surface area contributed by atoms with Crippen LogP contribution in [0.25, 0.3) is 0 Å². The molecule has 0 saturated heterocycles. The number of sulfone groups is 1. The van der Waals surface area contributed by atoms with Crippen LogP contribution in [0.1, 0.15) is 19.3 Å². The molecular formula is C12H15F2NO4S. The Hall–Kier alpha value is -1.54. The molecule has 0 aliphatic heterocycles. The number of para-hydroxylation sites is 1. The number of rotatable bonds is 7. The van der Waals surface area contributed by atoms with E-state index < -0.39 is 26.4 Å². The summed E-state index contributed by atoms with van der Waals surface area (Å²) in [5.41, 5.74) is -0.165. The Kier molecular flexibility index (Phi) is 6.03. The van der Waals surface area contributed by atoms with Crippen molar-refractivity contribution in [2.24, 2.45) is 0 Å². The quantitative estimate of drug-likeness (QED) is 0.752. The van der Waals surface area contributed by atoms with Crippen molar-refractivity contribution >= 4 is 21.4 Å². The summed E-state index contributed by atoms with van der Waals surface area (Å²) in [6, 6.07) is 5.01. The Morgan fingerprint density at radius 2 is 1.90 bits per heavy atom. The van der Waals surface area contributed by atoms with E-state index in [9.17, 15) is 22.0 Å². The molecule has 0 unspecified atom stereocenters. The third kappa shape index (κ3) is 4.24. The van der Waals surface area contributed by atoms with Gasteiger partial charge in [-0.2, -0.15) is 8.78 Å².